The van der Waals surface area contributed by atoms with Crippen molar-refractivity contribution in [1.29, 1.82) is 0 Å². The lowest BCUT2D eigenvalue weighted by Gasteiger charge is -2.01. The van der Waals surface area contributed by atoms with Crippen LogP contribution in [0.5, 0.6) is 0 Å². The van der Waals surface area contributed by atoms with Crippen LogP contribution in [0.1, 0.15) is 0 Å². The topological polar surface area (TPSA) is 39.2 Å². The van der Waals surface area contributed by atoms with E-state index in [4.69, 9.17) is 10.2 Å². The normalized spacial score (nSPS) is 10.4. The van der Waals surface area contributed by atoms with E-state index in [1.165, 1.54) is 18.4 Å². The van der Waals surface area contributed by atoms with Crippen LogP contribution in [-0.4, -0.2) is 0 Å². The van der Waals surface area contributed by atoms with Crippen LogP contribution in [0.4, 0.5) is 14.5 Å². The first-order valence-electron chi connectivity index (χ1n) is 3.97. The van der Waals surface area contributed by atoms with Gasteiger partial charge in [-0.2, -0.15) is 0 Å². The highest BCUT2D eigenvalue weighted by Gasteiger charge is 2.15. The van der Waals surface area contributed by atoms with Gasteiger partial charge in [0.2, 0.25) is 0 Å². The molecule has 0 spiro atoms. The summed E-state index contributed by atoms with van der Waals surface area (Å²) in [5.41, 5.74) is 5.47. The van der Waals surface area contributed by atoms with Gasteiger partial charge in [0.1, 0.15) is 11.6 Å². The smallest absolute Gasteiger partial charge is 0.162 e. The lowest BCUT2D eigenvalue weighted by atomic mass is 10.1. The first kappa shape index (κ1) is 8.74. The van der Waals surface area contributed by atoms with Gasteiger partial charge >= 0.3 is 0 Å². The molecule has 0 amide bonds. The van der Waals surface area contributed by atoms with Crippen molar-refractivity contribution in [3.05, 3.63) is 42.2 Å². The number of nitrogen functional groups attached to an aromatic ring is 1. The van der Waals surface area contributed by atoms with Gasteiger partial charge in [0.25, 0.3) is 0 Å². The van der Waals surface area contributed by atoms with Crippen molar-refractivity contribution >= 4 is 5.69 Å². The molecule has 0 saturated carbocycles. The van der Waals surface area contributed by atoms with Crippen LogP contribution in [-0.2, 0) is 0 Å². The lowest BCUT2D eigenvalue weighted by molar-refractivity contribution is 0.549. The average molecular weight is 195 g/mol. The van der Waals surface area contributed by atoms with Crippen LogP contribution < -0.4 is 5.73 Å². The molecule has 0 aliphatic rings. The Hall–Kier alpha value is -1.84. The standard InChI is InChI=1S/C10H7F2NO/c11-6-2-1-3-7(12)9(6)10-8(13)4-5-14-10/h1-5H,13H2. The molecule has 1 aromatic heterocycles. The second-order valence-corrected chi connectivity index (χ2v) is 2.80. The summed E-state index contributed by atoms with van der Waals surface area (Å²) >= 11 is 0. The Bertz CT molecular complexity index is 445. The fraction of sp³-hybridized carbons (Fsp3) is 0. The molecule has 0 atom stereocenters. The number of rotatable bonds is 1. The van der Waals surface area contributed by atoms with Crippen LogP contribution in [0, 0.1) is 11.6 Å². The Morgan fingerprint density at radius 3 is 2.21 bits per heavy atom. The fourth-order valence-electron chi connectivity index (χ4n) is 1.24. The van der Waals surface area contributed by atoms with E-state index in [1.54, 1.807) is 0 Å². The third kappa shape index (κ3) is 1.25. The summed E-state index contributed by atoms with van der Waals surface area (Å²) in [7, 11) is 0. The first-order chi connectivity index (χ1) is 6.70. The van der Waals surface area contributed by atoms with Crippen molar-refractivity contribution in [2.75, 3.05) is 5.73 Å². The third-order valence-corrected chi connectivity index (χ3v) is 1.89. The van der Waals surface area contributed by atoms with Crippen molar-refractivity contribution < 1.29 is 13.2 Å². The van der Waals surface area contributed by atoms with Gasteiger partial charge < -0.3 is 10.2 Å². The highest BCUT2D eigenvalue weighted by atomic mass is 19.1. The minimum atomic E-state index is -0.688. The van der Waals surface area contributed by atoms with E-state index in [0.29, 0.717) is 0 Å². The van der Waals surface area contributed by atoms with E-state index in [1.807, 2.05) is 0 Å². The van der Waals surface area contributed by atoms with Crippen molar-refractivity contribution in [2.45, 2.75) is 0 Å². The third-order valence-electron chi connectivity index (χ3n) is 1.89. The summed E-state index contributed by atoms with van der Waals surface area (Å²) in [5, 5.41) is 0. The van der Waals surface area contributed by atoms with Crippen LogP contribution in [0.25, 0.3) is 11.3 Å². The van der Waals surface area contributed by atoms with Crippen LogP contribution in [0.2, 0.25) is 0 Å². The van der Waals surface area contributed by atoms with Gasteiger partial charge in [-0.15, -0.1) is 0 Å². The predicted molar refractivity (Wildman–Crippen MR) is 48.5 cm³/mol. The molecule has 1 aromatic carbocycles. The monoisotopic (exact) mass is 195 g/mol. The van der Waals surface area contributed by atoms with E-state index in [0.717, 1.165) is 12.1 Å². The highest BCUT2D eigenvalue weighted by Crippen LogP contribution is 2.30. The minimum Gasteiger partial charge on any atom is -0.462 e. The number of furan rings is 1. The van der Waals surface area contributed by atoms with Crippen molar-refractivity contribution in [1.82, 2.24) is 0 Å². The number of halogens is 2. The minimum absolute atomic E-state index is 0.0283. The number of benzene rings is 1. The molecule has 4 heteroatoms. The van der Waals surface area contributed by atoms with Crippen molar-refractivity contribution in [3.63, 3.8) is 0 Å². The molecule has 2 rings (SSSR count). The van der Waals surface area contributed by atoms with Gasteiger partial charge in [-0.05, 0) is 12.1 Å². The van der Waals surface area contributed by atoms with E-state index >= 15 is 0 Å². The Balaban J connectivity index is 2.68. The van der Waals surface area contributed by atoms with Gasteiger partial charge in [0.05, 0.1) is 17.5 Å². The molecule has 1 heterocycles. The summed E-state index contributed by atoms with van der Waals surface area (Å²) in [6, 6.07) is 5.04. The molecular formula is C10H7F2NO. The maximum absolute atomic E-state index is 13.2. The zero-order chi connectivity index (χ0) is 10.1. The van der Waals surface area contributed by atoms with Crippen LogP contribution in [0.3, 0.4) is 0 Å². The fourth-order valence-corrected chi connectivity index (χ4v) is 1.24. The summed E-state index contributed by atoms with van der Waals surface area (Å²) < 4.78 is 31.4. The lowest BCUT2D eigenvalue weighted by Crippen LogP contribution is -1.91. The van der Waals surface area contributed by atoms with Gasteiger partial charge in [-0.1, -0.05) is 6.07 Å². The van der Waals surface area contributed by atoms with Crippen LogP contribution >= 0.6 is 0 Å². The molecule has 2 aromatic rings. The summed E-state index contributed by atoms with van der Waals surface area (Å²) in [5.74, 6) is -1.35. The summed E-state index contributed by atoms with van der Waals surface area (Å²) in [6.45, 7) is 0. The van der Waals surface area contributed by atoms with Gasteiger partial charge in [0, 0.05) is 6.07 Å². The second kappa shape index (κ2) is 3.14. The van der Waals surface area contributed by atoms with E-state index in [2.05, 4.69) is 0 Å². The molecule has 14 heavy (non-hydrogen) atoms. The largest absolute Gasteiger partial charge is 0.462 e. The Kier molecular flexibility index (Phi) is 1.96. The van der Waals surface area contributed by atoms with Crippen molar-refractivity contribution in [3.8, 4) is 11.3 Å². The van der Waals surface area contributed by atoms with Gasteiger partial charge in [0.15, 0.2) is 5.76 Å². The molecule has 0 bridgehead atoms. The number of anilines is 1. The number of nitrogens with two attached hydrogens (primary N) is 1. The maximum atomic E-state index is 13.2. The molecule has 0 radical (unpaired) electrons. The zero-order valence-corrected chi connectivity index (χ0v) is 7.13. The summed E-state index contributed by atoms with van der Waals surface area (Å²) in [4.78, 5) is 0. The maximum Gasteiger partial charge on any atom is 0.162 e. The van der Waals surface area contributed by atoms with E-state index in [9.17, 15) is 8.78 Å². The Morgan fingerprint density at radius 2 is 1.71 bits per heavy atom. The van der Waals surface area contributed by atoms with E-state index < -0.39 is 11.6 Å². The average Bonchev–Trinajstić information content (AvgIpc) is 2.52. The molecule has 0 saturated heterocycles. The quantitative estimate of drug-likeness (QED) is 0.759. The zero-order valence-electron chi connectivity index (χ0n) is 7.13. The highest BCUT2D eigenvalue weighted by molar-refractivity contribution is 5.71. The Labute approximate surface area is 79.0 Å². The molecular weight excluding hydrogens is 188 g/mol. The first-order valence-corrected chi connectivity index (χ1v) is 3.97. The second-order valence-electron chi connectivity index (χ2n) is 2.80. The molecule has 0 aliphatic heterocycles. The predicted octanol–water partition coefficient (Wildman–Crippen LogP) is 2.81. The van der Waals surface area contributed by atoms with Gasteiger partial charge in [-0.3, -0.25) is 0 Å². The SMILES string of the molecule is Nc1ccoc1-c1c(F)cccc1F. The number of hydrogen-bond donors (Lipinski definition) is 1. The molecule has 2 N–H and O–H groups in total. The van der Waals surface area contributed by atoms with E-state index in [-0.39, 0.29) is 17.0 Å². The molecule has 0 fully saturated rings. The van der Waals surface area contributed by atoms with Crippen LogP contribution in [0.15, 0.2) is 34.9 Å². The Morgan fingerprint density at radius 1 is 1.07 bits per heavy atom. The molecule has 72 valence electrons. The molecule has 2 nitrogen and oxygen atoms in total. The van der Waals surface area contributed by atoms with Crippen molar-refractivity contribution in [2.24, 2.45) is 0 Å². The molecule has 0 unspecified atom stereocenters. The van der Waals surface area contributed by atoms with Gasteiger partial charge in [-0.25, -0.2) is 8.78 Å². The number of hydrogen-bond acceptors (Lipinski definition) is 2. The summed E-state index contributed by atoms with van der Waals surface area (Å²) in [6.07, 6.45) is 1.29. The molecule has 0 aliphatic carbocycles.